The summed E-state index contributed by atoms with van der Waals surface area (Å²) >= 11 is 9.37. The first-order valence-corrected chi connectivity index (χ1v) is 8.20. The van der Waals surface area contributed by atoms with Crippen LogP contribution in [0.2, 0.25) is 5.02 Å². The monoisotopic (exact) mass is 392 g/mol. The lowest BCUT2D eigenvalue weighted by molar-refractivity contribution is 0.0681. The highest BCUT2D eigenvalue weighted by atomic mass is 79.9. The number of carbonyl (C=O) groups excluding carboxylic acids is 1. The summed E-state index contributed by atoms with van der Waals surface area (Å²) in [4.78, 5) is 14.5. The molecule has 2 saturated heterocycles. The molecule has 2 aliphatic heterocycles. The normalized spacial score (nSPS) is 27.1. The molecule has 2 atom stereocenters. The van der Waals surface area contributed by atoms with Crippen LogP contribution < -0.4 is 5.32 Å². The van der Waals surface area contributed by atoms with Crippen LogP contribution in [0.1, 0.15) is 36.0 Å². The second-order valence-corrected chi connectivity index (χ2v) is 7.09. The lowest BCUT2D eigenvalue weighted by Gasteiger charge is -2.35. The Labute approximate surface area is 144 Å². The Morgan fingerprint density at radius 2 is 1.95 bits per heavy atom. The van der Waals surface area contributed by atoms with Crippen LogP contribution in [0.3, 0.4) is 0 Å². The first-order chi connectivity index (χ1) is 9.54. The van der Waals surface area contributed by atoms with Crippen LogP contribution in [0.4, 0.5) is 0 Å². The zero-order valence-corrected chi connectivity index (χ0v) is 15.0. The van der Waals surface area contributed by atoms with Crippen molar-refractivity contribution in [3.63, 3.8) is 0 Å². The summed E-state index contributed by atoms with van der Waals surface area (Å²) in [5.74, 6) is 0.0693. The number of fused-ring (bicyclic) bond motifs is 2. The molecule has 0 saturated carbocycles. The van der Waals surface area contributed by atoms with Gasteiger partial charge in [-0.2, -0.15) is 0 Å². The zero-order chi connectivity index (χ0) is 14.3. The topological polar surface area (TPSA) is 32.3 Å². The smallest absolute Gasteiger partial charge is 0.254 e. The average Bonchev–Trinajstić information content (AvgIpc) is 2.76. The van der Waals surface area contributed by atoms with Gasteiger partial charge in [-0.25, -0.2) is 0 Å². The van der Waals surface area contributed by atoms with Gasteiger partial charge in [0.25, 0.3) is 5.91 Å². The highest BCUT2D eigenvalue weighted by molar-refractivity contribution is 9.10. The zero-order valence-electron chi connectivity index (χ0n) is 11.8. The number of hydrogen-bond acceptors (Lipinski definition) is 2. The second-order valence-electron chi connectivity index (χ2n) is 5.80. The van der Waals surface area contributed by atoms with E-state index in [2.05, 4.69) is 21.2 Å². The standard InChI is InChI=1S/C15H18BrClN2O.ClH/c1-19(12-7-10-3-4-11(8-12)18-10)15(20)13-5-2-9(17)6-14(13)16;/h2,5-6,10-12,18H,3-4,7-8H2,1H3;1H. The van der Waals surface area contributed by atoms with Crippen molar-refractivity contribution in [1.82, 2.24) is 10.2 Å². The van der Waals surface area contributed by atoms with E-state index in [9.17, 15) is 4.79 Å². The molecule has 0 aromatic heterocycles. The molecule has 2 bridgehead atoms. The molecule has 1 aromatic rings. The van der Waals surface area contributed by atoms with Crippen molar-refractivity contribution in [3.8, 4) is 0 Å². The predicted molar refractivity (Wildman–Crippen MR) is 91.5 cm³/mol. The average molecular weight is 394 g/mol. The summed E-state index contributed by atoms with van der Waals surface area (Å²) in [6.07, 6.45) is 4.61. The maximum atomic E-state index is 12.6. The highest BCUT2D eigenvalue weighted by Gasteiger charge is 2.36. The highest BCUT2D eigenvalue weighted by Crippen LogP contribution is 2.31. The molecule has 2 heterocycles. The van der Waals surface area contributed by atoms with E-state index < -0.39 is 0 Å². The van der Waals surface area contributed by atoms with Gasteiger partial charge in [0.2, 0.25) is 0 Å². The van der Waals surface area contributed by atoms with Gasteiger partial charge in [0.15, 0.2) is 0 Å². The van der Waals surface area contributed by atoms with Gasteiger partial charge in [0, 0.05) is 34.7 Å². The minimum Gasteiger partial charge on any atom is -0.339 e. The largest absolute Gasteiger partial charge is 0.339 e. The van der Waals surface area contributed by atoms with Crippen molar-refractivity contribution in [1.29, 1.82) is 0 Å². The number of piperidine rings is 1. The first kappa shape index (κ1) is 17.1. The molecular formula is C15H19BrCl2N2O. The molecule has 2 fully saturated rings. The van der Waals surface area contributed by atoms with Crippen LogP contribution in [-0.2, 0) is 0 Å². The summed E-state index contributed by atoms with van der Waals surface area (Å²) < 4.78 is 0.763. The Bertz CT molecular complexity index is 528. The van der Waals surface area contributed by atoms with Gasteiger partial charge in [-0.1, -0.05) is 11.6 Å². The molecule has 2 unspecified atom stereocenters. The molecule has 0 aliphatic carbocycles. The number of nitrogens with one attached hydrogen (secondary N) is 1. The van der Waals surface area contributed by atoms with Gasteiger partial charge in [0.1, 0.15) is 0 Å². The molecule has 6 heteroatoms. The maximum absolute atomic E-state index is 12.6. The second kappa shape index (κ2) is 6.86. The number of benzene rings is 1. The summed E-state index contributed by atoms with van der Waals surface area (Å²) in [6.45, 7) is 0. The molecule has 1 aromatic carbocycles. The van der Waals surface area contributed by atoms with Gasteiger partial charge >= 0.3 is 0 Å². The number of rotatable bonds is 2. The fraction of sp³-hybridized carbons (Fsp3) is 0.533. The summed E-state index contributed by atoms with van der Waals surface area (Å²) in [5, 5.41) is 4.24. The molecule has 3 rings (SSSR count). The summed E-state index contributed by atoms with van der Waals surface area (Å²) in [6, 6.07) is 6.84. The van der Waals surface area contributed by atoms with E-state index in [-0.39, 0.29) is 18.3 Å². The molecule has 21 heavy (non-hydrogen) atoms. The van der Waals surface area contributed by atoms with Crippen LogP contribution in [0.15, 0.2) is 22.7 Å². The number of carbonyl (C=O) groups is 1. The van der Waals surface area contributed by atoms with Crippen molar-refractivity contribution >= 4 is 45.8 Å². The van der Waals surface area contributed by atoms with Crippen LogP contribution in [0.25, 0.3) is 0 Å². The number of amides is 1. The Morgan fingerprint density at radius 3 is 2.52 bits per heavy atom. The minimum absolute atomic E-state index is 0. The Morgan fingerprint density at radius 1 is 1.33 bits per heavy atom. The van der Waals surface area contributed by atoms with E-state index in [1.165, 1.54) is 12.8 Å². The SMILES string of the molecule is CN(C(=O)c1ccc(Cl)cc1Br)C1CC2CCC(C1)N2.Cl. The molecule has 1 N–H and O–H groups in total. The van der Waals surface area contributed by atoms with Gasteiger partial charge < -0.3 is 10.2 Å². The van der Waals surface area contributed by atoms with Gasteiger partial charge in [-0.3, -0.25) is 4.79 Å². The molecule has 2 aliphatic rings. The lowest BCUT2D eigenvalue weighted by atomic mass is 9.98. The van der Waals surface area contributed by atoms with E-state index in [0.717, 1.165) is 17.3 Å². The van der Waals surface area contributed by atoms with Crippen LogP contribution in [0, 0.1) is 0 Å². The third kappa shape index (κ3) is 3.55. The molecule has 1 amide bonds. The fourth-order valence-corrected chi connectivity index (χ4v) is 4.21. The lowest BCUT2D eigenvalue weighted by Crippen LogP contribution is -2.48. The maximum Gasteiger partial charge on any atom is 0.254 e. The Balaban J connectivity index is 0.00000161. The molecule has 116 valence electrons. The minimum atomic E-state index is 0. The molecule has 3 nitrogen and oxygen atoms in total. The summed E-state index contributed by atoms with van der Waals surface area (Å²) in [7, 11) is 1.92. The number of halogens is 3. The van der Waals surface area contributed by atoms with E-state index in [0.29, 0.717) is 28.7 Å². The van der Waals surface area contributed by atoms with Gasteiger partial charge in [0.05, 0.1) is 5.56 Å². The predicted octanol–water partition coefficient (Wildman–Crippen LogP) is 3.88. The van der Waals surface area contributed by atoms with Gasteiger partial charge in [-0.05, 0) is 59.8 Å². The van der Waals surface area contributed by atoms with E-state index in [1.54, 1.807) is 18.2 Å². The van der Waals surface area contributed by atoms with Crippen LogP contribution >= 0.6 is 39.9 Å². The number of nitrogens with zero attached hydrogens (tertiary/aromatic N) is 1. The molecule has 0 spiro atoms. The Hall–Kier alpha value is -0.290. The van der Waals surface area contributed by atoms with Crippen LogP contribution in [0.5, 0.6) is 0 Å². The van der Waals surface area contributed by atoms with Gasteiger partial charge in [-0.15, -0.1) is 12.4 Å². The van der Waals surface area contributed by atoms with Crippen molar-refractivity contribution < 1.29 is 4.79 Å². The number of hydrogen-bond donors (Lipinski definition) is 1. The van der Waals surface area contributed by atoms with Crippen molar-refractivity contribution in [2.75, 3.05) is 7.05 Å². The first-order valence-electron chi connectivity index (χ1n) is 7.03. The Kier molecular flexibility index (Phi) is 5.58. The van der Waals surface area contributed by atoms with Crippen molar-refractivity contribution in [2.45, 2.75) is 43.8 Å². The van der Waals surface area contributed by atoms with E-state index >= 15 is 0 Å². The van der Waals surface area contributed by atoms with E-state index in [4.69, 9.17) is 11.6 Å². The third-order valence-corrected chi connectivity index (χ3v) is 5.37. The fourth-order valence-electron chi connectivity index (χ4n) is 3.36. The van der Waals surface area contributed by atoms with Crippen LogP contribution in [-0.4, -0.2) is 36.0 Å². The molecule has 0 radical (unpaired) electrons. The third-order valence-electron chi connectivity index (χ3n) is 4.48. The van der Waals surface area contributed by atoms with E-state index in [1.807, 2.05) is 11.9 Å². The quantitative estimate of drug-likeness (QED) is 0.826. The molecular weight excluding hydrogens is 375 g/mol. The van der Waals surface area contributed by atoms with Crippen molar-refractivity contribution in [3.05, 3.63) is 33.3 Å². The van der Waals surface area contributed by atoms with Crippen molar-refractivity contribution in [2.24, 2.45) is 0 Å². The summed E-state index contributed by atoms with van der Waals surface area (Å²) in [5.41, 5.74) is 0.683.